The van der Waals surface area contributed by atoms with Gasteiger partial charge in [0.1, 0.15) is 0 Å². The van der Waals surface area contributed by atoms with E-state index in [0.717, 1.165) is 24.1 Å². The Bertz CT molecular complexity index is 1190. The van der Waals surface area contributed by atoms with Crippen LogP contribution >= 0.6 is 0 Å². The van der Waals surface area contributed by atoms with Gasteiger partial charge in [-0.25, -0.2) is 18.1 Å². The van der Waals surface area contributed by atoms with E-state index in [1.807, 2.05) is 6.07 Å². The molecule has 1 fully saturated rings. The van der Waals surface area contributed by atoms with Crippen molar-refractivity contribution in [2.45, 2.75) is 37.2 Å². The van der Waals surface area contributed by atoms with E-state index in [-0.39, 0.29) is 16.6 Å². The standard InChI is InChI=1S/C20H20N4O4S/c1-13-11-18(17-3-2-4-19(24(25)26)20(17)22-13)21-12-14-5-9-16(10-6-14)29(27,28)23-15-7-8-15/h2-6,9-11,15,23H,7-8,12H2,1H3,(H,21,22). The highest BCUT2D eigenvalue weighted by atomic mass is 32.2. The summed E-state index contributed by atoms with van der Waals surface area (Å²) in [7, 11) is -3.47. The van der Waals surface area contributed by atoms with E-state index < -0.39 is 14.9 Å². The molecule has 2 N–H and O–H groups in total. The van der Waals surface area contributed by atoms with Crippen LogP contribution in [-0.2, 0) is 16.6 Å². The normalized spacial score (nSPS) is 14.1. The highest BCUT2D eigenvalue weighted by Gasteiger charge is 2.27. The summed E-state index contributed by atoms with van der Waals surface area (Å²) in [6.45, 7) is 2.23. The first kappa shape index (κ1) is 19.3. The zero-order valence-electron chi connectivity index (χ0n) is 15.8. The largest absolute Gasteiger partial charge is 0.380 e. The number of non-ortho nitro benzene ring substituents is 1. The van der Waals surface area contributed by atoms with E-state index in [1.54, 1.807) is 43.3 Å². The minimum absolute atomic E-state index is 0.0352. The molecule has 1 saturated carbocycles. The van der Waals surface area contributed by atoms with Gasteiger partial charge in [0.25, 0.3) is 5.69 Å². The molecule has 0 spiro atoms. The minimum atomic E-state index is -3.47. The van der Waals surface area contributed by atoms with E-state index in [9.17, 15) is 18.5 Å². The Morgan fingerprint density at radius 3 is 2.55 bits per heavy atom. The molecular formula is C20H20N4O4S. The van der Waals surface area contributed by atoms with Crippen molar-refractivity contribution in [3.63, 3.8) is 0 Å². The van der Waals surface area contributed by atoms with Gasteiger partial charge in [0.2, 0.25) is 10.0 Å². The number of benzene rings is 2. The number of aryl methyl sites for hydroxylation is 1. The zero-order valence-corrected chi connectivity index (χ0v) is 16.6. The number of fused-ring (bicyclic) bond motifs is 1. The third-order valence-electron chi connectivity index (χ3n) is 4.76. The Kier molecular flexibility index (Phi) is 4.93. The van der Waals surface area contributed by atoms with Gasteiger partial charge < -0.3 is 5.32 Å². The van der Waals surface area contributed by atoms with Crippen LogP contribution < -0.4 is 10.0 Å². The Hall–Kier alpha value is -3.04. The Morgan fingerprint density at radius 2 is 1.90 bits per heavy atom. The Balaban J connectivity index is 1.55. The lowest BCUT2D eigenvalue weighted by atomic mass is 10.1. The third-order valence-corrected chi connectivity index (χ3v) is 6.30. The minimum Gasteiger partial charge on any atom is -0.380 e. The van der Waals surface area contributed by atoms with Crippen molar-refractivity contribution in [1.82, 2.24) is 9.71 Å². The lowest BCUT2D eigenvalue weighted by Crippen LogP contribution is -2.25. The summed E-state index contributed by atoms with van der Waals surface area (Å²) < 4.78 is 27.2. The molecular weight excluding hydrogens is 392 g/mol. The second-order valence-electron chi connectivity index (χ2n) is 7.13. The second-order valence-corrected chi connectivity index (χ2v) is 8.85. The average Bonchev–Trinajstić information content (AvgIpc) is 3.49. The molecule has 3 aromatic rings. The van der Waals surface area contributed by atoms with Crippen molar-refractivity contribution < 1.29 is 13.3 Å². The topological polar surface area (TPSA) is 114 Å². The SMILES string of the molecule is Cc1cc(NCc2ccc(S(=O)(=O)NC3CC3)cc2)c2cccc([N+](=O)[O-])c2n1. The number of sulfonamides is 1. The van der Waals surface area contributed by atoms with Crippen LogP contribution in [0.25, 0.3) is 10.9 Å². The molecule has 4 rings (SSSR count). The smallest absolute Gasteiger partial charge is 0.295 e. The molecule has 1 aliphatic rings. The highest BCUT2D eigenvalue weighted by molar-refractivity contribution is 7.89. The lowest BCUT2D eigenvalue weighted by molar-refractivity contribution is -0.383. The van der Waals surface area contributed by atoms with Crippen molar-refractivity contribution in [2.24, 2.45) is 0 Å². The number of nitro groups is 1. The highest BCUT2D eigenvalue weighted by Crippen LogP contribution is 2.30. The number of rotatable bonds is 7. The Morgan fingerprint density at radius 1 is 1.17 bits per heavy atom. The van der Waals surface area contributed by atoms with Gasteiger partial charge in [-0.05, 0) is 43.5 Å². The molecule has 1 heterocycles. The molecule has 1 aliphatic carbocycles. The summed E-state index contributed by atoms with van der Waals surface area (Å²) in [5.41, 5.74) is 2.60. The molecule has 0 amide bonds. The molecule has 0 unspecified atom stereocenters. The number of hydrogen-bond acceptors (Lipinski definition) is 6. The van der Waals surface area contributed by atoms with Crippen LogP contribution in [0.4, 0.5) is 11.4 Å². The number of nitro benzene ring substituents is 1. The quantitative estimate of drug-likeness (QED) is 0.453. The molecule has 1 aromatic heterocycles. The van der Waals surface area contributed by atoms with Crippen LogP contribution in [0.3, 0.4) is 0 Å². The number of aromatic nitrogens is 1. The summed E-state index contributed by atoms with van der Waals surface area (Å²) in [6.07, 6.45) is 1.78. The summed E-state index contributed by atoms with van der Waals surface area (Å²) in [4.78, 5) is 15.4. The van der Waals surface area contributed by atoms with Crippen LogP contribution in [0.1, 0.15) is 24.1 Å². The number of nitrogens with one attached hydrogen (secondary N) is 2. The lowest BCUT2D eigenvalue weighted by Gasteiger charge is -2.12. The predicted molar refractivity (Wildman–Crippen MR) is 110 cm³/mol. The Labute approximate surface area is 168 Å². The van der Waals surface area contributed by atoms with Gasteiger partial charge in [0.15, 0.2) is 5.52 Å². The van der Waals surface area contributed by atoms with Crippen molar-refractivity contribution in [1.29, 1.82) is 0 Å². The van der Waals surface area contributed by atoms with Crippen LogP contribution in [0.5, 0.6) is 0 Å². The van der Waals surface area contributed by atoms with Crippen molar-refractivity contribution >= 4 is 32.3 Å². The van der Waals surface area contributed by atoms with E-state index in [4.69, 9.17) is 0 Å². The predicted octanol–water partition coefficient (Wildman–Crippen LogP) is 3.50. The fraction of sp³-hybridized carbons (Fsp3) is 0.250. The fourth-order valence-electron chi connectivity index (χ4n) is 3.13. The summed E-state index contributed by atoms with van der Waals surface area (Å²) in [6, 6.07) is 13.4. The van der Waals surface area contributed by atoms with E-state index in [2.05, 4.69) is 15.0 Å². The molecule has 0 bridgehead atoms. The number of pyridine rings is 1. The van der Waals surface area contributed by atoms with Crippen LogP contribution in [0.15, 0.2) is 53.4 Å². The monoisotopic (exact) mass is 412 g/mol. The van der Waals surface area contributed by atoms with Crippen molar-refractivity contribution in [3.8, 4) is 0 Å². The number of hydrogen-bond donors (Lipinski definition) is 2. The number of nitrogens with zero attached hydrogens (tertiary/aromatic N) is 2. The number of para-hydroxylation sites is 1. The molecule has 0 atom stereocenters. The first-order valence-corrected chi connectivity index (χ1v) is 10.7. The third kappa shape index (κ3) is 4.20. The van der Waals surface area contributed by atoms with Crippen LogP contribution in [-0.4, -0.2) is 24.4 Å². The van der Waals surface area contributed by atoms with E-state index in [0.29, 0.717) is 23.1 Å². The molecule has 0 radical (unpaired) electrons. The zero-order chi connectivity index (χ0) is 20.6. The number of anilines is 1. The van der Waals surface area contributed by atoms with Gasteiger partial charge in [0.05, 0.1) is 9.82 Å². The van der Waals surface area contributed by atoms with Crippen molar-refractivity contribution in [2.75, 3.05) is 5.32 Å². The summed E-state index contributed by atoms with van der Waals surface area (Å²) in [5.74, 6) is 0. The molecule has 9 heteroatoms. The maximum absolute atomic E-state index is 12.3. The maximum atomic E-state index is 12.3. The second kappa shape index (κ2) is 7.41. The maximum Gasteiger partial charge on any atom is 0.295 e. The van der Waals surface area contributed by atoms with Gasteiger partial charge in [-0.3, -0.25) is 10.1 Å². The first-order chi connectivity index (χ1) is 13.8. The molecule has 2 aromatic carbocycles. The fourth-order valence-corrected chi connectivity index (χ4v) is 4.43. The molecule has 150 valence electrons. The van der Waals surface area contributed by atoms with Crippen molar-refractivity contribution in [3.05, 3.63) is 69.9 Å². The average molecular weight is 412 g/mol. The van der Waals surface area contributed by atoms with E-state index in [1.165, 1.54) is 6.07 Å². The van der Waals surface area contributed by atoms with Gasteiger partial charge in [0, 0.05) is 35.4 Å². The summed E-state index contributed by atoms with van der Waals surface area (Å²) >= 11 is 0. The van der Waals surface area contributed by atoms with Gasteiger partial charge in [-0.15, -0.1) is 0 Å². The summed E-state index contributed by atoms with van der Waals surface area (Å²) in [5, 5.41) is 15.2. The van der Waals surface area contributed by atoms with Crippen LogP contribution in [0, 0.1) is 17.0 Å². The molecule has 8 nitrogen and oxygen atoms in total. The molecule has 29 heavy (non-hydrogen) atoms. The molecule has 0 saturated heterocycles. The van der Waals surface area contributed by atoms with Gasteiger partial charge >= 0.3 is 0 Å². The first-order valence-electron chi connectivity index (χ1n) is 9.23. The van der Waals surface area contributed by atoms with Crippen LogP contribution in [0.2, 0.25) is 0 Å². The van der Waals surface area contributed by atoms with Gasteiger partial charge in [-0.1, -0.05) is 24.3 Å². The molecule has 0 aliphatic heterocycles. The van der Waals surface area contributed by atoms with E-state index >= 15 is 0 Å². The van der Waals surface area contributed by atoms with Gasteiger partial charge in [-0.2, -0.15) is 0 Å².